The maximum atomic E-state index is 13.7. The first-order valence-electron chi connectivity index (χ1n) is 11.0. The zero-order valence-corrected chi connectivity index (χ0v) is 21.0. The number of hydrogen-bond acceptors (Lipinski definition) is 5. The summed E-state index contributed by atoms with van der Waals surface area (Å²) in [6.45, 7) is 0. The number of hydrogen-bond donors (Lipinski definition) is 4. The van der Waals surface area contributed by atoms with Gasteiger partial charge in [0.2, 0.25) is 11.9 Å². The number of anilines is 1. The second-order valence-electron chi connectivity index (χ2n) is 8.56. The molecular weight excluding hydrogens is 523 g/mol. The van der Waals surface area contributed by atoms with E-state index < -0.39 is 22.0 Å². The van der Waals surface area contributed by atoms with Gasteiger partial charge in [-0.05, 0) is 59.7 Å². The number of carbonyl (C=O) groups is 1. The first-order valence-corrected chi connectivity index (χ1v) is 13.2. The molecule has 3 aromatic rings. The van der Waals surface area contributed by atoms with Crippen LogP contribution in [0.2, 0.25) is 10.0 Å². The summed E-state index contributed by atoms with van der Waals surface area (Å²) in [4.78, 5) is 15.3. The van der Waals surface area contributed by atoms with E-state index in [1.54, 1.807) is 29.2 Å². The standard InChI is InChI=1S/C24H22Cl2N6O3S/c25-15-5-1-13(2-6-15)20-19-21(30-29-20)23(33)32(22(19)14-3-7-16(26)8-4-14)17-9-11-18(12-10-17)36(34,35)31-24(27)28/h1-12,19-22,29-30H,(H4,27,28,31). The Morgan fingerprint density at radius 2 is 1.33 bits per heavy atom. The van der Waals surface area contributed by atoms with E-state index in [0.717, 1.165) is 11.1 Å². The van der Waals surface area contributed by atoms with Gasteiger partial charge >= 0.3 is 0 Å². The highest BCUT2D eigenvalue weighted by molar-refractivity contribution is 7.90. The van der Waals surface area contributed by atoms with Gasteiger partial charge in [0.05, 0.1) is 17.0 Å². The van der Waals surface area contributed by atoms with Crippen molar-refractivity contribution in [3.8, 4) is 0 Å². The average Bonchev–Trinajstić information content (AvgIpc) is 3.38. The fourth-order valence-electron chi connectivity index (χ4n) is 4.88. The number of guanidine groups is 1. The van der Waals surface area contributed by atoms with Crippen molar-refractivity contribution < 1.29 is 13.2 Å². The van der Waals surface area contributed by atoms with E-state index in [1.807, 2.05) is 36.4 Å². The van der Waals surface area contributed by atoms with Crippen LogP contribution in [0.4, 0.5) is 5.69 Å². The van der Waals surface area contributed by atoms with Crippen LogP contribution >= 0.6 is 23.2 Å². The predicted molar refractivity (Wildman–Crippen MR) is 139 cm³/mol. The van der Waals surface area contributed by atoms with Crippen LogP contribution in [0.1, 0.15) is 23.2 Å². The second-order valence-corrected chi connectivity index (χ2v) is 11.0. The van der Waals surface area contributed by atoms with Crippen LogP contribution in [0.15, 0.2) is 82.1 Å². The number of amides is 1. The van der Waals surface area contributed by atoms with Gasteiger partial charge < -0.3 is 16.4 Å². The number of sulfonamides is 1. The number of nitrogens with zero attached hydrogens (tertiary/aromatic N) is 2. The van der Waals surface area contributed by atoms with Crippen molar-refractivity contribution in [1.82, 2.24) is 10.9 Å². The molecule has 0 saturated carbocycles. The highest BCUT2D eigenvalue weighted by atomic mass is 35.5. The predicted octanol–water partition coefficient (Wildman–Crippen LogP) is 2.88. The van der Waals surface area contributed by atoms with E-state index in [4.69, 9.17) is 34.7 Å². The number of hydrazine groups is 1. The Kier molecular flexibility index (Phi) is 6.39. The van der Waals surface area contributed by atoms with Gasteiger partial charge in [-0.1, -0.05) is 47.5 Å². The fraction of sp³-hybridized carbons (Fsp3) is 0.167. The molecule has 2 saturated heterocycles. The molecule has 2 heterocycles. The Balaban J connectivity index is 1.58. The van der Waals surface area contributed by atoms with Gasteiger partial charge in [-0.15, -0.1) is 4.40 Å². The number of fused-ring (bicyclic) bond motifs is 1. The first kappa shape index (κ1) is 24.5. The molecule has 4 atom stereocenters. The third kappa shape index (κ3) is 4.42. The number of rotatable bonds is 5. The molecule has 0 spiro atoms. The molecule has 12 heteroatoms. The van der Waals surface area contributed by atoms with Gasteiger partial charge in [-0.2, -0.15) is 8.42 Å². The van der Waals surface area contributed by atoms with Gasteiger partial charge in [-0.25, -0.2) is 10.9 Å². The summed E-state index contributed by atoms with van der Waals surface area (Å²) in [5, 5.41) is 1.20. The van der Waals surface area contributed by atoms with Crippen LogP contribution in [-0.4, -0.2) is 26.3 Å². The van der Waals surface area contributed by atoms with Gasteiger partial charge in [0.25, 0.3) is 10.0 Å². The molecule has 0 aliphatic carbocycles. The van der Waals surface area contributed by atoms with E-state index in [0.29, 0.717) is 15.7 Å². The van der Waals surface area contributed by atoms with Crippen LogP contribution in [0.3, 0.4) is 0 Å². The van der Waals surface area contributed by atoms with Crippen molar-refractivity contribution >= 4 is 50.8 Å². The summed E-state index contributed by atoms with van der Waals surface area (Å²) in [6, 6.07) is 19.6. The largest absolute Gasteiger partial charge is 0.369 e. The first-order chi connectivity index (χ1) is 17.2. The quantitative estimate of drug-likeness (QED) is 0.285. The highest BCUT2D eigenvalue weighted by Gasteiger charge is 2.56. The molecule has 36 heavy (non-hydrogen) atoms. The summed E-state index contributed by atoms with van der Waals surface area (Å²) in [6.07, 6.45) is 0. The van der Waals surface area contributed by atoms with Crippen LogP contribution < -0.4 is 27.2 Å². The van der Waals surface area contributed by atoms with Crippen LogP contribution in [0.5, 0.6) is 0 Å². The SMILES string of the molecule is NC(N)=NS(=O)(=O)c1ccc(N2C(=O)C3NNC(c4ccc(Cl)cc4)C3C2c2ccc(Cl)cc2)cc1. The number of benzene rings is 3. The van der Waals surface area contributed by atoms with Crippen molar-refractivity contribution in [2.75, 3.05) is 4.90 Å². The van der Waals surface area contributed by atoms with Crippen LogP contribution in [-0.2, 0) is 14.8 Å². The fourth-order valence-corrected chi connectivity index (χ4v) is 5.99. The second kappa shape index (κ2) is 9.38. The monoisotopic (exact) mass is 544 g/mol. The smallest absolute Gasteiger partial charge is 0.285 e. The van der Waals surface area contributed by atoms with E-state index >= 15 is 0 Å². The zero-order chi connectivity index (χ0) is 25.6. The maximum Gasteiger partial charge on any atom is 0.285 e. The minimum Gasteiger partial charge on any atom is -0.369 e. The number of halogens is 2. The molecule has 5 rings (SSSR count). The van der Waals surface area contributed by atoms with Crippen molar-refractivity contribution in [2.24, 2.45) is 21.8 Å². The normalized spacial score (nSPS) is 23.5. The zero-order valence-electron chi connectivity index (χ0n) is 18.7. The summed E-state index contributed by atoms with van der Waals surface area (Å²) in [5.41, 5.74) is 19.3. The van der Waals surface area contributed by atoms with Crippen molar-refractivity contribution in [3.05, 3.63) is 94.0 Å². The van der Waals surface area contributed by atoms with Crippen molar-refractivity contribution in [3.63, 3.8) is 0 Å². The molecule has 0 bridgehead atoms. The Hall–Kier alpha value is -3.15. The Morgan fingerprint density at radius 1 is 0.806 bits per heavy atom. The van der Waals surface area contributed by atoms with Crippen LogP contribution in [0.25, 0.3) is 0 Å². The van der Waals surface area contributed by atoms with E-state index in [2.05, 4.69) is 15.2 Å². The Bertz CT molecular complexity index is 1430. The lowest BCUT2D eigenvalue weighted by atomic mass is 9.83. The maximum absolute atomic E-state index is 13.7. The lowest BCUT2D eigenvalue weighted by Crippen LogP contribution is -2.41. The van der Waals surface area contributed by atoms with Crippen molar-refractivity contribution in [2.45, 2.75) is 23.0 Å². The van der Waals surface area contributed by atoms with Gasteiger partial charge in [0.15, 0.2) is 0 Å². The molecule has 186 valence electrons. The molecule has 6 N–H and O–H groups in total. The van der Waals surface area contributed by atoms with E-state index in [-0.39, 0.29) is 28.8 Å². The third-order valence-electron chi connectivity index (χ3n) is 6.39. The summed E-state index contributed by atoms with van der Waals surface area (Å²) in [5.74, 6) is -0.898. The topological polar surface area (TPSA) is 143 Å². The molecule has 2 aliphatic rings. The molecule has 2 aliphatic heterocycles. The molecular formula is C24H22Cl2N6O3S. The van der Waals surface area contributed by atoms with E-state index in [9.17, 15) is 13.2 Å². The lowest BCUT2D eigenvalue weighted by molar-refractivity contribution is -0.119. The summed E-state index contributed by atoms with van der Waals surface area (Å²) >= 11 is 12.2. The molecule has 3 aromatic carbocycles. The van der Waals surface area contributed by atoms with Gasteiger partial charge in [0, 0.05) is 21.7 Å². The molecule has 9 nitrogen and oxygen atoms in total. The van der Waals surface area contributed by atoms with Gasteiger partial charge in [0.1, 0.15) is 6.04 Å². The lowest BCUT2D eigenvalue weighted by Gasteiger charge is -2.31. The van der Waals surface area contributed by atoms with Crippen molar-refractivity contribution in [1.29, 1.82) is 0 Å². The molecule has 0 aromatic heterocycles. The minimum absolute atomic E-state index is 0.0895. The van der Waals surface area contributed by atoms with Crippen LogP contribution in [0, 0.1) is 5.92 Å². The van der Waals surface area contributed by atoms with E-state index in [1.165, 1.54) is 12.1 Å². The Labute approximate surface area is 218 Å². The molecule has 2 fully saturated rings. The van der Waals surface area contributed by atoms with Gasteiger partial charge in [-0.3, -0.25) is 4.79 Å². The molecule has 4 unspecified atom stereocenters. The number of carbonyl (C=O) groups excluding carboxylic acids is 1. The number of nitrogens with two attached hydrogens (primary N) is 2. The highest BCUT2D eigenvalue weighted by Crippen LogP contribution is 2.49. The molecule has 1 amide bonds. The number of nitrogens with one attached hydrogen (secondary N) is 2. The average molecular weight is 545 g/mol. The summed E-state index contributed by atoms with van der Waals surface area (Å²) in [7, 11) is -4.06. The third-order valence-corrected chi connectivity index (χ3v) is 8.21. The molecule has 0 radical (unpaired) electrons. The minimum atomic E-state index is -4.06. The summed E-state index contributed by atoms with van der Waals surface area (Å²) < 4.78 is 28.1. The Morgan fingerprint density at radius 3 is 1.89 bits per heavy atom.